The molecule has 0 aliphatic carbocycles. The molecule has 8 rings (SSSR count). The van der Waals surface area contributed by atoms with Crippen LogP contribution in [0.25, 0.3) is 44.9 Å². The fraction of sp³-hybridized carbons (Fsp3) is 0.0857. The Hall–Kier alpha value is -5.16. The second kappa shape index (κ2) is 10.2. The van der Waals surface area contributed by atoms with Gasteiger partial charge in [-0.1, -0.05) is 36.4 Å². The minimum atomic E-state index is 0.556. The van der Waals surface area contributed by atoms with E-state index in [1.165, 1.54) is 33.6 Å². The van der Waals surface area contributed by atoms with Gasteiger partial charge in [-0.3, -0.25) is 0 Å². The first kappa shape index (κ1) is 23.9. The number of para-hydroxylation sites is 1. The molecular weight excluding hydrogens is 494 g/mol. The topological polar surface area (TPSA) is 42.0 Å². The zero-order valence-corrected chi connectivity index (χ0v) is 22.2. The Bertz CT molecular complexity index is 1810. The van der Waals surface area contributed by atoms with E-state index in [-0.39, 0.29) is 0 Å². The van der Waals surface area contributed by atoms with Crippen molar-refractivity contribution in [1.29, 1.82) is 0 Å². The van der Waals surface area contributed by atoms with Crippen LogP contribution in [0.4, 0.5) is 0 Å². The van der Waals surface area contributed by atoms with Crippen LogP contribution in [0, 0.1) is 6.92 Å². The molecular formula is C35H29N3O2+2. The molecule has 3 aromatic carbocycles. The Balaban J connectivity index is 0.000000133. The van der Waals surface area contributed by atoms with Crippen molar-refractivity contribution in [3.05, 3.63) is 133 Å². The fourth-order valence-corrected chi connectivity index (χ4v) is 5.49. The maximum atomic E-state index is 5.95. The molecule has 0 amide bonds. The maximum absolute atomic E-state index is 5.95. The first-order valence-corrected chi connectivity index (χ1v) is 13.5. The molecule has 5 heterocycles. The molecule has 0 unspecified atom stereocenters. The number of nitrogens with one attached hydrogen (secondary N) is 1. The van der Waals surface area contributed by atoms with E-state index in [0.717, 1.165) is 28.3 Å². The van der Waals surface area contributed by atoms with Crippen LogP contribution in [-0.4, -0.2) is 4.98 Å². The third-order valence-electron chi connectivity index (χ3n) is 7.41. The number of aromatic amines is 1. The zero-order valence-electron chi connectivity index (χ0n) is 22.2. The van der Waals surface area contributed by atoms with E-state index in [2.05, 4.69) is 112 Å². The van der Waals surface area contributed by atoms with Crippen molar-refractivity contribution < 1.29 is 18.6 Å². The van der Waals surface area contributed by atoms with Gasteiger partial charge in [0.25, 0.3) is 13.5 Å². The van der Waals surface area contributed by atoms with E-state index < -0.39 is 0 Å². The van der Waals surface area contributed by atoms with Gasteiger partial charge in [0.05, 0.1) is 11.1 Å². The summed E-state index contributed by atoms with van der Waals surface area (Å²) in [5, 5.41) is 0. The Labute approximate surface area is 233 Å². The van der Waals surface area contributed by atoms with Gasteiger partial charge in [-0.25, -0.2) is 0 Å². The van der Waals surface area contributed by atoms with Gasteiger partial charge in [-0.2, -0.15) is 9.13 Å². The van der Waals surface area contributed by atoms with Crippen LogP contribution in [0.3, 0.4) is 0 Å². The number of ether oxygens (including phenoxy) is 2. The van der Waals surface area contributed by atoms with Crippen LogP contribution in [-0.2, 0) is 13.5 Å². The molecule has 0 saturated heterocycles. The lowest BCUT2D eigenvalue weighted by Gasteiger charge is -2.18. The molecule has 0 spiro atoms. The highest BCUT2D eigenvalue weighted by molar-refractivity contribution is 5.79. The largest absolute Gasteiger partial charge is 0.435 e. The predicted octanol–water partition coefficient (Wildman–Crippen LogP) is 6.95. The molecule has 0 radical (unpaired) electrons. The number of hydrogen-bond acceptors (Lipinski definition) is 2. The van der Waals surface area contributed by atoms with Gasteiger partial charge in [-0.15, -0.1) is 0 Å². The third kappa shape index (κ3) is 4.31. The van der Waals surface area contributed by atoms with Gasteiger partial charge < -0.3 is 14.5 Å². The van der Waals surface area contributed by atoms with E-state index in [1.54, 1.807) is 0 Å². The molecule has 194 valence electrons. The summed E-state index contributed by atoms with van der Waals surface area (Å²) >= 11 is 0. The number of rotatable bonds is 2. The fourth-order valence-electron chi connectivity index (χ4n) is 5.49. The van der Waals surface area contributed by atoms with Crippen LogP contribution < -0.4 is 18.6 Å². The summed E-state index contributed by atoms with van der Waals surface area (Å²) in [7, 11) is 0. The molecule has 0 saturated carbocycles. The monoisotopic (exact) mass is 523 g/mol. The normalized spacial score (nSPS) is 12.3. The van der Waals surface area contributed by atoms with Crippen molar-refractivity contribution in [3.63, 3.8) is 0 Å². The minimum absolute atomic E-state index is 0.556. The maximum Gasteiger partial charge on any atom is 0.292 e. The van der Waals surface area contributed by atoms with Gasteiger partial charge in [-0.05, 0) is 72.1 Å². The Kier molecular flexibility index (Phi) is 6.09. The number of aryl methyl sites for hydroxylation is 1. The number of H-pyrrole nitrogens is 1. The molecule has 1 N–H and O–H groups in total. The quantitative estimate of drug-likeness (QED) is 0.250. The lowest BCUT2D eigenvalue weighted by atomic mass is 9.97. The van der Waals surface area contributed by atoms with Gasteiger partial charge in [0, 0.05) is 41.7 Å². The van der Waals surface area contributed by atoms with Crippen LogP contribution >= 0.6 is 0 Å². The Morgan fingerprint density at radius 2 is 1.25 bits per heavy atom. The molecule has 0 fully saturated rings. The average molecular weight is 524 g/mol. The summed E-state index contributed by atoms with van der Waals surface area (Å²) in [6.07, 6.45) is 6.03. The lowest BCUT2D eigenvalue weighted by Crippen LogP contribution is -2.41. The summed E-state index contributed by atoms with van der Waals surface area (Å²) in [6.45, 7) is 3.25. The Morgan fingerprint density at radius 3 is 1.98 bits per heavy atom. The second-order valence-electron chi connectivity index (χ2n) is 9.96. The number of pyridine rings is 2. The van der Waals surface area contributed by atoms with Gasteiger partial charge in [0.2, 0.25) is 11.4 Å². The molecule has 5 heteroatoms. The first-order chi connectivity index (χ1) is 19.8. The number of aromatic nitrogens is 3. The van der Waals surface area contributed by atoms with Crippen molar-refractivity contribution in [1.82, 2.24) is 4.98 Å². The summed E-state index contributed by atoms with van der Waals surface area (Å²) < 4.78 is 16.1. The summed E-state index contributed by atoms with van der Waals surface area (Å²) in [4.78, 5) is 3.24. The Morgan fingerprint density at radius 1 is 0.575 bits per heavy atom. The van der Waals surface area contributed by atoms with Crippen LogP contribution in [0.15, 0.2) is 128 Å². The number of hydrogen-bond donors (Lipinski definition) is 1. The molecule has 2 aliphatic rings. The highest BCUT2D eigenvalue weighted by Crippen LogP contribution is 2.39. The second-order valence-corrected chi connectivity index (χ2v) is 9.96. The van der Waals surface area contributed by atoms with Gasteiger partial charge in [0.15, 0.2) is 12.4 Å². The smallest absolute Gasteiger partial charge is 0.292 e. The number of fused-ring (bicyclic) bond motifs is 6. The third-order valence-corrected chi connectivity index (χ3v) is 7.41. The zero-order chi connectivity index (χ0) is 26.9. The van der Waals surface area contributed by atoms with Crippen LogP contribution in [0.1, 0.15) is 5.56 Å². The molecule has 5 nitrogen and oxygen atoms in total. The van der Waals surface area contributed by atoms with Gasteiger partial charge >= 0.3 is 0 Å². The van der Waals surface area contributed by atoms with Crippen molar-refractivity contribution in [2.24, 2.45) is 0 Å². The summed E-state index contributed by atoms with van der Waals surface area (Å²) in [5.74, 6) is 1.96. The van der Waals surface area contributed by atoms with E-state index in [9.17, 15) is 0 Å². The SMILES string of the molecule is Cc1cc(-c2ccccc2)cc2c1OC[n+]1ccccc1-2.c1c[nH]c(-c2cccc3c2OC[n+]2ccccc2-3)c1. The highest BCUT2D eigenvalue weighted by Gasteiger charge is 2.26. The number of nitrogens with zero attached hydrogens (tertiary/aromatic N) is 2. The van der Waals surface area contributed by atoms with Gasteiger partial charge in [0.1, 0.15) is 11.5 Å². The van der Waals surface area contributed by atoms with E-state index in [0.29, 0.717) is 13.5 Å². The standard InChI is InChI=1S/C19H16NO.C16H13N2O/c1-14-11-16(15-7-3-2-4-8-15)12-17-18-9-5-6-10-20(18)13-21-19(14)17;1-2-10-18-11-19-16-12(14-7-4-9-17-14)5-3-6-13(16)15(18)8-1/h2-12H,13H2,1H3;1-10,17H,11H2/q2*+1. The van der Waals surface area contributed by atoms with Crippen LogP contribution in [0.5, 0.6) is 11.5 Å². The highest BCUT2D eigenvalue weighted by atomic mass is 16.5. The van der Waals surface area contributed by atoms with Crippen molar-refractivity contribution in [3.8, 4) is 56.4 Å². The summed E-state index contributed by atoms with van der Waals surface area (Å²) in [5.41, 5.74) is 10.5. The van der Waals surface area contributed by atoms with Crippen molar-refractivity contribution in [2.45, 2.75) is 20.4 Å². The lowest BCUT2D eigenvalue weighted by molar-refractivity contribution is -0.717. The molecule has 6 aromatic rings. The predicted molar refractivity (Wildman–Crippen MR) is 155 cm³/mol. The van der Waals surface area contributed by atoms with Crippen LogP contribution in [0.2, 0.25) is 0 Å². The summed E-state index contributed by atoms with van der Waals surface area (Å²) in [6, 6.07) is 37.7. The molecule has 0 bridgehead atoms. The molecule has 0 atom stereocenters. The molecule has 2 aliphatic heterocycles. The van der Waals surface area contributed by atoms with Crippen molar-refractivity contribution >= 4 is 0 Å². The van der Waals surface area contributed by atoms with E-state index in [1.807, 2.05) is 36.7 Å². The van der Waals surface area contributed by atoms with Crippen molar-refractivity contribution in [2.75, 3.05) is 0 Å². The van der Waals surface area contributed by atoms with E-state index in [4.69, 9.17) is 9.47 Å². The average Bonchev–Trinajstić information content (AvgIpc) is 3.56. The molecule has 3 aromatic heterocycles. The number of benzene rings is 3. The first-order valence-electron chi connectivity index (χ1n) is 13.5. The molecule has 40 heavy (non-hydrogen) atoms. The minimum Gasteiger partial charge on any atom is -0.435 e. The van der Waals surface area contributed by atoms with E-state index >= 15 is 0 Å².